The summed E-state index contributed by atoms with van der Waals surface area (Å²) in [6, 6.07) is 3.79. The first-order chi connectivity index (χ1) is 12.4. The molecule has 0 amide bonds. The van der Waals surface area contributed by atoms with Gasteiger partial charge in [0.05, 0.1) is 11.7 Å². The molecule has 6 nitrogen and oxygen atoms in total. The Bertz CT molecular complexity index is 605. The fourth-order valence-electron chi connectivity index (χ4n) is 3.78. The lowest BCUT2D eigenvalue weighted by molar-refractivity contribution is -0.141. The van der Waals surface area contributed by atoms with Crippen LogP contribution >= 0.6 is 7.37 Å². The molecule has 2 rings (SSSR count). The Labute approximate surface area is 155 Å². The minimum absolute atomic E-state index is 0.230. The molecule has 4 N–H and O–H groups in total. The highest BCUT2D eigenvalue weighted by Crippen LogP contribution is 2.49. The molecule has 1 aliphatic rings. The minimum atomic E-state index is -3.69. The van der Waals surface area contributed by atoms with E-state index in [-0.39, 0.29) is 6.16 Å². The summed E-state index contributed by atoms with van der Waals surface area (Å²) >= 11 is 0. The molecule has 1 aromatic heterocycles. The summed E-state index contributed by atoms with van der Waals surface area (Å²) in [5, 5.41) is 9.45. The minimum Gasteiger partial charge on any atom is -0.481 e. The highest BCUT2D eigenvalue weighted by Gasteiger charge is 2.35. The number of hydrogen-bond acceptors (Lipinski definition) is 4. The summed E-state index contributed by atoms with van der Waals surface area (Å²) in [5.74, 6) is -2.26. The van der Waals surface area contributed by atoms with Gasteiger partial charge in [0.2, 0.25) is 7.37 Å². The summed E-state index contributed by atoms with van der Waals surface area (Å²) in [4.78, 5) is 25.9. The zero-order chi connectivity index (χ0) is 19.0. The van der Waals surface area contributed by atoms with Crippen LogP contribution in [0.4, 0.5) is 0 Å². The van der Waals surface area contributed by atoms with Crippen molar-refractivity contribution >= 4 is 13.3 Å². The Morgan fingerprint density at radius 1 is 1.27 bits per heavy atom. The summed E-state index contributed by atoms with van der Waals surface area (Å²) in [5.41, 5.74) is 7.13. The van der Waals surface area contributed by atoms with E-state index in [0.717, 1.165) is 37.7 Å². The van der Waals surface area contributed by atoms with Crippen molar-refractivity contribution in [2.75, 3.05) is 6.16 Å². The van der Waals surface area contributed by atoms with Crippen LogP contribution in [0.5, 0.6) is 0 Å². The average Bonchev–Trinajstić information content (AvgIpc) is 2.62. The predicted molar refractivity (Wildman–Crippen MR) is 102 cm³/mol. The van der Waals surface area contributed by atoms with Crippen molar-refractivity contribution in [1.82, 2.24) is 4.98 Å². The quantitative estimate of drug-likeness (QED) is 0.533. The predicted octanol–water partition coefficient (Wildman–Crippen LogP) is 3.63. The van der Waals surface area contributed by atoms with Gasteiger partial charge in [0.1, 0.15) is 0 Å². The summed E-state index contributed by atoms with van der Waals surface area (Å²) in [6.45, 7) is 0. The highest BCUT2D eigenvalue weighted by molar-refractivity contribution is 7.58. The fraction of sp³-hybridized carbons (Fsp3) is 0.684. The van der Waals surface area contributed by atoms with Gasteiger partial charge in [-0.1, -0.05) is 32.1 Å². The van der Waals surface area contributed by atoms with E-state index >= 15 is 0 Å². The van der Waals surface area contributed by atoms with Crippen LogP contribution in [0, 0.1) is 11.8 Å². The number of aromatic nitrogens is 1. The first kappa shape index (κ1) is 21.1. The number of pyridine rings is 1. The van der Waals surface area contributed by atoms with Gasteiger partial charge in [0.15, 0.2) is 0 Å². The molecule has 1 aromatic rings. The zero-order valence-corrected chi connectivity index (χ0v) is 16.2. The first-order valence-electron chi connectivity index (χ1n) is 9.57. The molecule has 0 aromatic carbocycles. The monoisotopic (exact) mass is 382 g/mol. The Morgan fingerprint density at radius 3 is 2.54 bits per heavy atom. The number of carboxylic acid groups (broad SMARTS) is 1. The van der Waals surface area contributed by atoms with Crippen LogP contribution < -0.4 is 5.73 Å². The maximum absolute atomic E-state index is 12.7. The molecule has 146 valence electrons. The number of nitrogens with two attached hydrogens (primary N) is 1. The second-order valence-corrected chi connectivity index (χ2v) is 10.1. The number of aryl methyl sites for hydroxylation is 1. The van der Waals surface area contributed by atoms with Crippen LogP contribution in [0.2, 0.25) is 0 Å². The number of hydrogen-bond donors (Lipinski definition) is 3. The van der Waals surface area contributed by atoms with E-state index in [1.807, 2.05) is 12.1 Å². The van der Waals surface area contributed by atoms with Crippen molar-refractivity contribution in [3.8, 4) is 0 Å². The van der Waals surface area contributed by atoms with Crippen molar-refractivity contribution in [2.45, 2.75) is 63.6 Å². The molecule has 0 radical (unpaired) electrons. The molecule has 1 aliphatic carbocycles. The van der Waals surface area contributed by atoms with Crippen molar-refractivity contribution in [1.29, 1.82) is 0 Å². The molecule has 3 unspecified atom stereocenters. The molecule has 0 spiro atoms. The van der Waals surface area contributed by atoms with Gasteiger partial charge in [-0.25, -0.2) is 0 Å². The smallest absolute Gasteiger partial charge is 0.307 e. The number of carbonyl (C=O) groups is 1. The van der Waals surface area contributed by atoms with E-state index in [2.05, 4.69) is 4.98 Å². The molecule has 0 saturated heterocycles. The molecule has 1 fully saturated rings. The van der Waals surface area contributed by atoms with Crippen molar-refractivity contribution in [3.63, 3.8) is 0 Å². The van der Waals surface area contributed by atoms with Crippen molar-refractivity contribution in [3.05, 3.63) is 30.1 Å². The third-order valence-corrected chi connectivity index (χ3v) is 7.63. The lowest BCUT2D eigenvalue weighted by Gasteiger charge is -2.28. The molecule has 7 heteroatoms. The normalized spacial score (nSPS) is 20.2. The maximum Gasteiger partial charge on any atom is 0.307 e. The van der Waals surface area contributed by atoms with E-state index in [1.165, 1.54) is 6.42 Å². The average molecular weight is 382 g/mol. The number of nitrogens with zero attached hydrogens (tertiary/aromatic N) is 1. The van der Waals surface area contributed by atoms with Gasteiger partial charge in [-0.3, -0.25) is 14.3 Å². The lowest BCUT2D eigenvalue weighted by atomic mass is 9.87. The van der Waals surface area contributed by atoms with Crippen LogP contribution in [0.3, 0.4) is 0 Å². The zero-order valence-electron chi connectivity index (χ0n) is 15.3. The molecule has 1 saturated carbocycles. The molecule has 0 bridgehead atoms. The van der Waals surface area contributed by atoms with Gasteiger partial charge in [-0.15, -0.1) is 0 Å². The van der Waals surface area contributed by atoms with Gasteiger partial charge < -0.3 is 15.7 Å². The van der Waals surface area contributed by atoms with Crippen LogP contribution in [0.1, 0.15) is 56.9 Å². The summed E-state index contributed by atoms with van der Waals surface area (Å²) < 4.78 is 12.7. The van der Waals surface area contributed by atoms with E-state index in [0.29, 0.717) is 25.2 Å². The molecule has 26 heavy (non-hydrogen) atoms. The molecule has 1 heterocycles. The topological polar surface area (TPSA) is 114 Å². The van der Waals surface area contributed by atoms with Gasteiger partial charge in [0, 0.05) is 18.6 Å². The van der Waals surface area contributed by atoms with Crippen LogP contribution in [0.15, 0.2) is 24.5 Å². The van der Waals surface area contributed by atoms with Crippen LogP contribution in [-0.4, -0.2) is 32.9 Å². The number of aliphatic carboxylic acids is 1. The molecular formula is C19H31N2O4P. The van der Waals surface area contributed by atoms with E-state index in [9.17, 15) is 19.4 Å². The summed E-state index contributed by atoms with van der Waals surface area (Å²) in [7, 11) is -3.69. The molecular weight excluding hydrogens is 351 g/mol. The first-order valence-corrected chi connectivity index (χ1v) is 11.5. The Balaban J connectivity index is 1.85. The van der Waals surface area contributed by atoms with Gasteiger partial charge in [-0.2, -0.15) is 0 Å². The highest BCUT2D eigenvalue weighted by atomic mass is 31.2. The Kier molecular flexibility index (Phi) is 8.26. The second-order valence-electron chi connectivity index (χ2n) is 7.53. The largest absolute Gasteiger partial charge is 0.481 e. The second kappa shape index (κ2) is 10.2. The van der Waals surface area contributed by atoms with E-state index < -0.39 is 25.0 Å². The van der Waals surface area contributed by atoms with Crippen molar-refractivity contribution < 1.29 is 19.4 Å². The van der Waals surface area contributed by atoms with Crippen LogP contribution in [-0.2, 0) is 15.8 Å². The van der Waals surface area contributed by atoms with Crippen molar-refractivity contribution in [2.24, 2.45) is 17.6 Å². The van der Waals surface area contributed by atoms with Gasteiger partial charge in [0.25, 0.3) is 0 Å². The van der Waals surface area contributed by atoms with Crippen LogP contribution in [0.25, 0.3) is 0 Å². The third-order valence-electron chi connectivity index (χ3n) is 5.42. The van der Waals surface area contributed by atoms with E-state index in [4.69, 9.17) is 5.73 Å². The number of carboxylic acids is 1. The Morgan fingerprint density at radius 2 is 1.92 bits per heavy atom. The van der Waals surface area contributed by atoms with Gasteiger partial charge >= 0.3 is 5.97 Å². The summed E-state index contributed by atoms with van der Waals surface area (Å²) in [6.07, 6.45) is 11.1. The molecule has 3 atom stereocenters. The van der Waals surface area contributed by atoms with E-state index in [1.54, 1.807) is 12.4 Å². The SMILES string of the molecule is NC(CC1CCCCC1)P(=O)(O)CC(CCCc1ccncc1)C(=O)O. The Hall–Kier alpha value is -1.23. The maximum atomic E-state index is 12.7. The standard InChI is InChI=1S/C19H31N2O4P/c20-18(13-16-5-2-1-3-6-16)26(24,25)14-17(19(22)23)8-4-7-15-9-11-21-12-10-15/h9-12,16-18H,1-8,13-14,20H2,(H,22,23)(H,24,25). The number of rotatable bonds is 10. The lowest BCUT2D eigenvalue weighted by Crippen LogP contribution is -2.29. The fourth-order valence-corrected chi connectivity index (χ4v) is 5.64. The molecule has 0 aliphatic heterocycles. The van der Waals surface area contributed by atoms with Gasteiger partial charge in [-0.05, 0) is 49.3 Å². The third kappa shape index (κ3) is 6.82.